The lowest BCUT2D eigenvalue weighted by Gasteiger charge is -2.13. The number of hydrogen-bond donors (Lipinski definition) is 2. The standard InChI is InChI=1S/C22H22F3N3OS/c1-15(10-11-16-6-3-2-4-7-16)26-20(29)13-19-14-30-21(28-19)27-18-9-5-8-17(12-18)22(23,24)25/h2-9,12,14-15H,10-11,13H2,1H3,(H,26,29)(H,27,28). The van der Waals surface area contributed by atoms with Gasteiger partial charge in [-0.1, -0.05) is 36.4 Å². The fourth-order valence-electron chi connectivity index (χ4n) is 2.93. The molecule has 3 aromatic rings. The second kappa shape index (κ2) is 9.75. The van der Waals surface area contributed by atoms with E-state index in [0.29, 0.717) is 16.5 Å². The van der Waals surface area contributed by atoms with Gasteiger partial charge in [-0.3, -0.25) is 4.79 Å². The zero-order chi connectivity index (χ0) is 21.6. The van der Waals surface area contributed by atoms with Crippen LogP contribution in [0.3, 0.4) is 0 Å². The molecule has 4 nitrogen and oxygen atoms in total. The number of anilines is 2. The summed E-state index contributed by atoms with van der Waals surface area (Å²) in [5.74, 6) is -0.133. The first-order chi connectivity index (χ1) is 14.3. The molecule has 3 rings (SSSR count). The number of carbonyl (C=O) groups excluding carboxylic acids is 1. The largest absolute Gasteiger partial charge is 0.416 e. The summed E-state index contributed by atoms with van der Waals surface area (Å²) in [5, 5.41) is 7.99. The number of hydrogen-bond acceptors (Lipinski definition) is 4. The van der Waals surface area contributed by atoms with Gasteiger partial charge in [-0.25, -0.2) is 4.98 Å². The molecule has 1 unspecified atom stereocenters. The fourth-order valence-corrected chi connectivity index (χ4v) is 3.66. The normalized spacial score (nSPS) is 12.4. The number of carbonyl (C=O) groups is 1. The van der Waals surface area contributed by atoms with Crippen LogP contribution in [0.15, 0.2) is 60.0 Å². The SMILES string of the molecule is CC(CCc1ccccc1)NC(=O)Cc1csc(Nc2cccc(C(F)(F)F)c2)n1. The number of rotatable bonds is 8. The summed E-state index contributed by atoms with van der Waals surface area (Å²) in [6.07, 6.45) is -2.57. The quantitative estimate of drug-likeness (QED) is 0.487. The Balaban J connectivity index is 1.49. The van der Waals surface area contributed by atoms with Crippen molar-refractivity contribution >= 4 is 28.1 Å². The van der Waals surface area contributed by atoms with Crippen LogP contribution in [-0.2, 0) is 23.8 Å². The summed E-state index contributed by atoms with van der Waals surface area (Å²) in [4.78, 5) is 16.6. The molecule has 2 aromatic carbocycles. The van der Waals surface area contributed by atoms with E-state index in [0.717, 1.165) is 25.0 Å². The van der Waals surface area contributed by atoms with Crippen LogP contribution in [0.25, 0.3) is 0 Å². The van der Waals surface area contributed by atoms with E-state index in [1.165, 1.54) is 29.0 Å². The summed E-state index contributed by atoms with van der Waals surface area (Å²) < 4.78 is 38.5. The van der Waals surface area contributed by atoms with Crippen molar-refractivity contribution in [1.29, 1.82) is 0 Å². The van der Waals surface area contributed by atoms with Crippen LogP contribution in [0.1, 0.15) is 30.2 Å². The molecule has 1 heterocycles. The summed E-state index contributed by atoms with van der Waals surface area (Å²) in [6, 6.07) is 15.0. The summed E-state index contributed by atoms with van der Waals surface area (Å²) >= 11 is 1.24. The Morgan fingerprint density at radius 1 is 1.13 bits per heavy atom. The Bertz CT molecular complexity index is 973. The Hall–Kier alpha value is -2.87. The number of amides is 1. The zero-order valence-electron chi connectivity index (χ0n) is 16.4. The van der Waals surface area contributed by atoms with Crippen LogP contribution < -0.4 is 10.6 Å². The minimum atomic E-state index is -4.40. The minimum Gasteiger partial charge on any atom is -0.353 e. The Labute approximate surface area is 177 Å². The van der Waals surface area contributed by atoms with Crippen molar-refractivity contribution in [2.75, 3.05) is 5.32 Å². The van der Waals surface area contributed by atoms with Crippen LogP contribution in [0.2, 0.25) is 0 Å². The molecule has 0 saturated carbocycles. The number of benzene rings is 2. The molecule has 2 N–H and O–H groups in total. The second-order valence-electron chi connectivity index (χ2n) is 7.02. The van der Waals surface area contributed by atoms with Crippen LogP contribution >= 0.6 is 11.3 Å². The third-order valence-electron chi connectivity index (χ3n) is 4.45. The third-order valence-corrected chi connectivity index (χ3v) is 5.26. The van der Waals surface area contributed by atoms with E-state index in [9.17, 15) is 18.0 Å². The maximum Gasteiger partial charge on any atom is 0.416 e. The number of halogens is 3. The molecule has 8 heteroatoms. The number of nitrogens with one attached hydrogen (secondary N) is 2. The monoisotopic (exact) mass is 433 g/mol. The van der Waals surface area contributed by atoms with Gasteiger partial charge in [0, 0.05) is 17.1 Å². The Morgan fingerprint density at radius 2 is 1.90 bits per heavy atom. The van der Waals surface area contributed by atoms with Crippen LogP contribution in [0.4, 0.5) is 24.0 Å². The maximum atomic E-state index is 12.8. The van der Waals surface area contributed by atoms with E-state index in [-0.39, 0.29) is 18.4 Å². The number of aromatic nitrogens is 1. The van der Waals surface area contributed by atoms with Crippen molar-refractivity contribution in [3.63, 3.8) is 0 Å². The molecule has 0 saturated heterocycles. The van der Waals surface area contributed by atoms with E-state index in [4.69, 9.17) is 0 Å². The molecule has 1 atom stereocenters. The molecule has 0 spiro atoms. The number of alkyl halides is 3. The van der Waals surface area contributed by atoms with Crippen LogP contribution in [0.5, 0.6) is 0 Å². The van der Waals surface area contributed by atoms with Gasteiger partial charge in [0.15, 0.2) is 5.13 Å². The van der Waals surface area contributed by atoms with Gasteiger partial charge in [-0.15, -0.1) is 11.3 Å². The maximum absolute atomic E-state index is 12.8. The van der Waals surface area contributed by atoms with Gasteiger partial charge in [0.05, 0.1) is 17.7 Å². The van der Waals surface area contributed by atoms with Crippen LogP contribution in [-0.4, -0.2) is 16.9 Å². The molecule has 0 aliphatic heterocycles. The predicted molar refractivity (Wildman–Crippen MR) is 113 cm³/mol. The fraction of sp³-hybridized carbons (Fsp3) is 0.273. The molecule has 0 aliphatic rings. The third kappa shape index (κ3) is 6.59. The average molecular weight is 433 g/mol. The van der Waals surface area contributed by atoms with Gasteiger partial charge in [0.25, 0.3) is 0 Å². The average Bonchev–Trinajstić information content (AvgIpc) is 3.13. The Kier molecular flexibility index (Phi) is 7.10. The van der Waals surface area contributed by atoms with Gasteiger partial charge in [0.2, 0.25) is 5.91 Å². The van der Waals surface area contributed by atoms with Gasteiger partial charge >= 0.3 is 6.18 Å². The van der Waals surface area contributed by atoms with Crippen LogP contribution in [0, 0.1) is 0 Å². The molecule has 0 aliphatic carbocycles. The highest BCUT2D eigenvalue weighted by atomic mass is 32.1. The van der Waals surface area contributed by atoms with Crippen molar-refractivity contribution in [1.82, 2.24) is 10.3 Å². The molecular weight excluding hydrogens is 411 g/mol. The molecule has 30 heavy (non-hydrogen) atoms. The van der Waals surface area contributed by atoms with Crippen molar-refractivity contribution in [3.8, 4) is 0 Å². The van der Waals surface area contributed by atoms with E-state index >= 15 is 0 Å². The summed E-state index contributed by atoms with van der Waals surface area (Å²) in [7, 11) is 0. The first-order valence-electron chi connectivity index (χ1n) is 9.51. The molecule has 0 radical (unpaired) electrons. The number of aryl methyl sites for hydroxylation is 1. The highest BCUT2D eigenvalue weighted by Crippen LogP contribution is 2.31. The zero-order valence-corrected chi connectivity index (χ0v) is 17.2. The second-order valence-corrected chi connectivity index (χ2v) is 7.88. The molecular formula is C22H22F3N3OS. The smallest absolute Gasteiger partial charge is 0.353 e. The van der Waals surface area contributed by atoms with Crippen molar-refractivity contribution < 1.29 is 18.0 Å². The molecule has 158 valence electrons. The first kappa shape index (κ1) is 21.8. The Morgan fingerprint density at radius 3 is 2.63 bits per heavy atom. The molecule has 1 aromatic heterocycles. The predicted octanol–water partition coefficient (Wildman–Crippen LogP) is 5.59. The van der Waals surface area contributed by atoms with Gasteiger partial charge in [-0.2, -0.15) is 13.2 Å². The topological polar surface area (TPSA) is 54.0 Å². The lowest BCUT2D eigenvalue weighted by atomic mass is 10.1. The highest BCUT2D eigenvalue weighted by molar-refractivity contribution is 7.13. The number of thiazole rings is 1. The van der Waals surface area contributed by atoms with E-state index in [1.54, 1.807) is 5.38 Å². The molecule has 0 bridgehead atoms. The van der Waals surface area contributed by atoms with Crippen molar-refractivity contribution in [2.24, 2.45) is 0 Å². The van der Waals surface area contributed by atoms with Gasteiger partial charge in [0.1, 0.15) is 0 Å². The lowest BCUT2D eigenvalue weighted by molar-refractivity contribution is -0.137. The minimum absolute atomic E-state index is 0.0269. The van der Waals surface area contributed by atoms with E-state index in [2.05, 4.69) is 27.8 Å². The van der Waals surface area contributed by atoms with Gasteiger partial charge in [-0.05, 0) is 43.5 Å². The van der Waals surface area contributed by atoms with E-state index in [1.807, 2.05) is 25.1 Å². The number of nitrogens with zero attached hydrogens (tertiary/aromatic N) is 1. The first-order valence-corrected chi connectivity index (χ1v) is 10.4. The molecule has 0 fully saturated rings. The van der Waals surface area contributed by atoms with Crippen molar-refractivity contribution in [2.45, 2.75) is 38.4 Å². The lowest BCUT2D eigenvalue weighted by Crippen LogP contribution is -2.34. The molecule has 1 amide bonds. The summed E-state index contributed by atoms with van der Waals surface area (Å²) in [6.45, 7) is 1.96. The summed E-state index contributed by atoms with van der Waals surface area (Å²) in [5.41, 5.74) is 1.36. The van der Waals surface area contributed by atoms with E-state index < -0.39 is 11.7 Å². The van der Waals surface area contributed by atoms with Crippen molar-refractivity contribution in [3.05, 3.63) is 76.8 Å². The van der Waals surface area contributed by atoms with Gasteiger partial charge < -0.3 is 10.6 Å². The highest BCUT2D eigenvalue weighted by Gasteiger charge is 2.30.